The van der Waals surface area contributed by atoms with Crippen LogP contribution in [0.3, 0.4) is 0 Å². The summed E-state index contributed by atoms with van der Waals surface area (Å²) in [5.41, 5.74) is 5.60. The SMILES string of the molecule is CC(c1cccc(C(F)(F)F)c1)N(C(=O)c1coc(CN)c1)C1CC1. The molecule has 25 heavy (non-hydrogen) atoms. The predicted octanol–water partition coefficient (Wildman–Crippen LogP) is 4.12. The molecule has 0 bridgehead atoms. The summed E-state index contributed by atoms with van der Waals surface area (Å²) in [6, 6.07) is 6.26. The Balaban J connectivity index is 1.89. The van der Waals surface area contributed by atoms with Gasteiger partial charge in [-0.25, -0.2) is 0 Å². The normalized spacial score (nSPS) is 15.9. The van der Waals surface area contributed by atoms with E-state index in [2.05, 4.69) is 0 Å². The molecule has 1 aliphatic carbocycles. The van der Waals surface area contributed by atoms with E-state index in [0.29, 0.717) is 16.9 Å². The minimum Gasteiger partial charge on any atom is -0.467 e. The summed E-state index contributed by atoms with van der Waals surface area (Å²) in [6.07, 6.45) is -1.38. The smallest absolute Gasteiger partial charge is 0.416 e. The first-order chi connectivity index (χ1) is 11.8. The van der Waals surface area contributed by atoms with Crippen molar-refractivity contribution in [3.63, 3.8) is 0 Å². The van der Waals surface area contributed by atoms with Crippen LogP contribution in [-0.4, -0.2) is 16.8 Å². The van der Waals surface area contributed by atoms with Crippen LogP contribution < -0.4 is 5.73 Å². The molecular weight excluding hydrogens is 333 g/mol. The fraction of sp³-hybridized carbons (Fsp3) is 0.389. The Morgan fingerprint density at radius 2 is 2.08 bits per heavy atom. The highest BCUT2D eigenvalue weighted by atomic mass is 19.4. The third kappa shape index (κ3) is 3.71. The Morgan fingerprint density at radius 3 is 2.64 bits per heavy atom. The highest BCUT2D eigenvalue weighted by molar-refractivity contribution is 5.94. The number of nitrogens with zero attached hydrogens (tertiary/aromatic N) is 1. The minimum absolute atomic E-state index is 0.0354. The van der Waals surface area contributed by atoms with Crippen LogP contribution in [0.5, 0.6) is 0 Å². The standard InChI is InChI=1S/C18H19F3N2O2/c1-11(12-3-2-4-14(7-12)18(19,20)21)23(15-5-6-15)17(24)13-8-16(9-22)25-10-13/h2-4,7-8,10-11,15H,5-6,9,22H2,1H3. The number of carbonyl (C=O) groups is 1. The number of nitrogens with two attached hydrogens (primary N) is 1. The summed E-state index contributed by atoms with van der Waals surface area (Å²) in [5.74, 6) is 0.238. The van der Waals surface area contributed by atoms with E-state index in [9.17, 15) is 18.0 Å². The van der Waals surface area contributed by atoms with Gasteiger partial charge in [-0.3, -0.25) is 4.79 Å². The van der Waals surface area contributed by atoms with Gasteiger partial charge in [-0.05, 0) is 43.5 Å². The van der Waals surface area contributed by atoms with Gasteiger partial charge in [0, 0.05) is 6.04 Å². The quantitative estimate of drug-likeness (QED) is 0.880. The summed E-state index contributed by atoms with van der Waals surface area (Å²) < 4.78 is 44.1. The number of hydrogen-bond donors (Lipinski definition) is 1. The van der Waals surface area contributed by atoms with Crippen molar-refractivity contribution in [1.82, 2.24) is 4.90 Å². The summed E-state index contributed by atoms with van der Waals surface area (Å²) in [5, 5.41) is 0. The summed E-state index contributed by atoms with van der Waals surface area (Å²) in [6.45, 7) is 1.93. The monoisotopic (exact) mass is 352 g/mol. The van der Waals surface area contributed by atoms with Crippen molar-refractivity contribution < 1.29 is 22.4 Å². The molecule has 1 atom stereocenters. The van der Waals surface area contributed by atoms with Crippen molar-refractivity contribution in [3.05, 3.63) is 59.0 Å². The van der Waals surface area contributed by atoms with E-state index in [1.807, 2.05) is 0 Å². The number of rotatable bonds is 5. The molecule has 1 aromatic heterocycles. The van der Waals surface area contributed by atoms with Gasteiger partial charge in [-0.1, -0.05) is 12.1 Å². The van der Waals surface area contributed by atoms with Crippen molar-refractivity contribution in [3.8, 4) is 0 Å². The fourth-order valence-corrected chi connectivity index (χ4v) is 2.90. The van der Waals surface area contributed by atoms with Gasteiger partial charge in [0.15, 0.2) is 0 Å². The highest BCUT2D eigenvalue weighted by Gasteiger charge is 2.38. The van der Waals surface area contributed by atoms with Gasteiger partial charge in [-0.15, -0.1) is 0 Å². The van der Waals surface area contributed by atoms with Gasteiger partial charge < -0.3 is 15.1 Å². The van der Waals surface area contributed by atoms with Crippen molar-refractivity contribution in [2.45, 2.75) is 44.6 Å². The van der Waals surface area contributed by atoms with Crippen LogP contribution in [-0.2, 0) is 12.7 Å². The molecule has 0 radical (unpaired) electrons. The van der Waals surface area contributed by atoms with Crippen LogP contribution >= 0.6 is 0 Å². The minimum atomic E-state index is -4.41. The molecule has 1 heterocycles. The summed E-state index contributed by atoms with van der Waals surface area (Å²) >= 11 is 0. The second kappa shape index (κ2) is 6.55. The molecule has 1 saturated carbocycles. The van der Waals surface area contributed by atoms with E-state index < -0.39 is 17.8 Å². The number of amides is 1. The van der Waals surface area contributed by atoms with Crippen molar-refractivity contribution in [2.24, 2.45) is 5.73 Å². The third-order valence-electron chi connectivity index (χ3n) is 4.39. The maximum absolute atomic E-state index is 13.0. The molecule has 2 N–H and O–H groups in total. The van der Waals surface area contributed by atoms with Crippen LogP contribution in [0.15, 0.2) is 41.0 Å². The van der Waals surface area contributed by atoms with E-state index in [4.69, 9.17) is 10.2 Å². The lowest BCUT2D eigenvalue weighted by atomic mass is 10.0. The third-order valence-corrected chi connectivity index (χ3v) is 4.39. The Hall–Kier alpha value is -2.28. The first-order valence-electron chi connectivity index (χ1n) is 8.08. The molecule has 134 valence electrons. The van der Waals surface area contributed by atoms with Gasteiger partial charge in [0.25, 0.3) is 5.91 Å². The molecule has 7 heteroatoms. The zero-order valence-electron chi connectivity index (χ0n) is 13.7. The number of halogens is 3. The number of carbonyl (C=O) groups excluding carboxylic acids is 1. The zero-order valence-corrected chi connectivity index (χ0v) is 13.7. The Bertz CT molecular complexity index is 766. The van der Waals surface area contributed by atoms with E-state index in [1.165, 1.54) is 12.3 Å². The number of alkyl halides is 3. The molecular formula is C18H19F3N2O2. The zero-order chi connectivity index (χ0) is 18.2. The Labute approximate surface area is 143 Å². The average Bonchev–Trinajstić information content (AvgIpc) is 3.29. The van der Waals surface area contributed by atoms with Crippen molar-refractivity contribution >= 4 is 5.91 Å². The molecule has 3 rings (SSSR count). The van der Waals surface area contributed by atoms with Gasteiger partial charge in [0.05, 0.1) is 23.7 Å². The Kier molecular flexibility index (Phi) is 4.60. The Morgan fingerprint density at radius 1 is 1.36 bits per heavy atom. The van der Waals surface area contributed by atoms with E-state index in [-0.39, 0.29) is 18.5 Å². The largest absolute Gasteiger partial charge is 0.467 e. The molecule has 1 amide bonds. The van der Waals surface area contributed by atoms with Crippen LogP contribution in [0.2, 0.25) is 0 Å². The van der Waals surface area contributed by atoms with Crippen LogP contribution in [0.4, 0.5) is 13.2 Å². The molecule has 0 saturated heterocycles. The fourth-order valence-electron chi connectivity index (χ4n) is 2.90. The molecule has 1 aromatic carbocycles. The van der Waals surface area contributed by atoms with Crippen LogP contribution in [0.1, 0.15) is 53.1 Å². The molecule has 1 unspecified atom stereocenters. The van der Waals surface area contributed by atoms with E-state index in [0.717, 1.165) is 25.0 Å². The predicted molar refractivity (Wildman–Crippen MR) is 85.6 cm³/mol. The summed E-state index contributed by atoms with van der Waals surface area (Å²) in [7, 11) is 0. The van der Waals surface area contributed by atoms with E-state index in [1.54, 1.807) is 24.0 Å². The van der Waals surface area contributed by atoms with Crippen LogP contribution in [0.25, 0.3) is 0 Å². The summed E-state index contributed by atoms with van der Waals surface area (Å²) in [4.78, 5) is 14.5. The topological polar surface area (TPSA) is 59.5 Å². The first-order valence-corrected chi connectivity index (χ1v) is 8.08. The van der Waals surface area contributed by atoms with Gasteiger partial charge >= 0.3 is 6.18 Å². The molecule has 1 fully saturated rings. The van der Waals surface area contributed by atoms with Gasteiger partial charge in [0.1, 0.15) is 12.0 Å². The van der Waals surface area contributed by atoms with Crippen molar-refractivity contribution in [1.29, 1.82) is 0 Å². The lowest BCUT2D eigenvalue weighted by Gasteiger charge is -2.30. The number of furan rings is 1. The second-order valence-electron chi connectivity index (χ2n) is 6.25. The molecule has 1 aliphatic rings. The van der Waals surface area contributed by atoms with Crippen LogP contribution in [0, 0.1) is 0 Å². The lowest BCUT2D eigenvalue weighted by molar-refractivity contribution is -0.137. The second-order valence-corrected chi connectivity index (χ2v) is 6.25. The highest BCUT2D eigenvalue weighted by Crippen LogP contribution is 2.37. The molecule has 4 nitrogen and oxygen atoms in total. The van der Waals surface area contributed by atoms with E-state index >= 15 is 0 Å². The van der Waals surface area contributed by atoms with Gasteiger partial charge in [-0.2, -0.15) is 13.2 Å². The lowest BCUT2D eigenvalue weighted by Crippen LogP contribution is -2.35. The number of hydrogen-bond acceptors (Lipinski definition) is 3. The maximum atomic E-state index is 13.0. The van der Waals surface area contributed by atoms with Gasteiger partial charge in [0.2, 0.25) is 0 Å². The average molecular weight is 352 g/mol. The molecule has 0 aliphatic heterocycles. The molecule has 0 spiro atoms. The number of benzene rings is 1. The molecule has 2 aromatic rings. The van der Waals surface area contributed by atoms with Crippen molar-refractivity contribution in [2.75, 3.05) is 0 Å². The first kappa shape index (κ1) is 17.5. The maximum Gasteiger partial charge on any atom is 0.416 e.